The average Bonchev–Trinajstić information content (AvgIpc) is 3.27. The SMILES string of the molecule is C[C@@H](Nc1nnc(-c2ccc(Cl)cc2)s1)C1CCC(c2ccnc3ccc(F)cc23)CC1. The van der Waals surface area contributed by atoms with Crippen molar-refractivity contribution in [1.82, 2.24) is 15.2 Å². The Morgan fingerprint density at radius 1 is 1.03 bits per heavy atom. The monoisotopic (exact) mass is 466 g/mol. The number of rotatable bonds is 5. The molecule has 0 saturated heterocycles. The highest BCUT2D eigenvalue weighted by molar-refractivity contribution is 7.18. The van der Waals surface area contributed by atoms with Crippen molar-refractivity contribution in [2.45, 2.75) is 44.6 Å². The topological polar surface area (TPSA) is 50.7 Å². The van der Waals surface area contributed by atoms with E-state index in [4.69, 9.17) is 11.6 Å². The predicted octanol–water partition coefficient (Wildman–Crippen LogP) is 7.32. The number of nitrogens with zero attached hydrogens (tertiary/aromatic N) is 3. The van der Waals surface area contributed by atoms with Gasteiger partial charge in [-0.15, -0.1) is 10.2 Å². The average molecular weight is 467 g/mol. The van der Waals surface area contributed by atoms with Crippen LogP contribution in [0.25, 0.3) is 21.5 Å². The van der Waals surface area contributed by atoms with Crippen molar-refractivity contribution in [2.24, 2.45) is 5.92 Å². The van der Waals surface area contributed by atoms with Crippen LogP contribution in [-0.2, 0) is 0 Å². The number of hydrogen-bond acceptors (Lipinski definition) is 5. The minimum atomic E-state index is -0.201. The van der Waals surface area contributed by atoms with Crippen LogP contribution in [0.1, 0.15) is 44.1 Å². The van der Waals surface area contributed by atoms with Gasteiger partial charge in [0.1, 0.15) is 10.8 Å². The minimum absolute atomic E-state index is 0.201. The highest BCUT2D eigenvalue weighted by Crippen LogP contribution is 2.40. The molecule has 1 N–H and O–H groups in total. The summed E-state index contributed by atoms with van der Waals surface area (Å²) in [6, 6.07) is 14.9. The highest BCUT2D eigenvalue weighted by atomic mass is 35.5. The van der Waals surface area contributed by atoms with Gasteiger partial charge in [-0.1, -0.05) is 35.1 Å². The number of pyridine rings is 1. The maximum absolute atomic E-state index is 13.8. The number of anilines is 1. The maximum atomic E-state index is 13.8. The normalized spacial score (nSPS) is 19.7. The van der Waals surface area contributed by atoms with Gasteiger partial charge >= 0.3 is 0 Å². The molecule has 0 radical (unpaired) electrons. The second-order valence-corrected chi connectivity index (χ2v) is 9.94. The molecule has 32 heavy (non-hydrogen) atoms. The number of benzene rings is 2. The van der Waals surface area contributed by atoms with Crippen LogP contribution >= 0.6 is 22.9 Å². The van der Waals surface area contributed by atoms with Gasteiger partial charge in [0.05, 0.1) is 5.52 Å². The molecule has 4 nitrogen and oxygen atoms in total. The van der Waals surface area contributed by atoms with Gasteiger partial charge in [-0.3, -0.25) is 4.98 Å². The molecule has 4 aromatic rings. The van der Waals surface area contributed by atoms with Gasteiger partial charge in [0.15, 0.2) is 0 Å². The molecule has 1 saturated carbocycles. The molecule has 0 aliphatic heterocycles. The quantitative estimate of drug-likeness (QED) is 0.334. The molecule has 2 heterocycles. The van der Waals surface area contributed by atoms with E-state index in [9.17, 15) is 4.39 Å². The fraction of sp³-hybridized carbons (Fsp3) is 0.320. The number of hydrogen-bond donors (Lipinski definition) is 1. The van der Waals surface area contributed by atoms with E-state index in [0.717, 1.165) is 52.3 Å². The summed E-state index contributed by atoms with van der Waals surface area (Å²) in [6.07, 6.45) is 6.29. The summed E-state index contributed by atoms with van der Waals surface area (Å²) in [7, 11) is 0. The van der Waals surface area contributed by atoms with E-state index in [0.29, 0.717) is 22.9 Å². The van der Waals surface area contributed by atoms with Gasteiger partial charge in [0.2, 0.25) is 5.13 Å². The van der Waals surface area contributed by atoms with Crippen molar-refractivity contribution in [1.29, 1.82) is 0 Å². The molecular formula is C25H24ClFN4S. The Morgan fingerprint density at radius 3 is 2.59 bits per heavy atom. The molecule has 1 aliphatic rings. The zero-order chi connectivity index (χ0) is 22.1. The summed E-state index contributed by atoms with van der Waals surface area (Å²) < 4.78 is 13.8. The summed E-state index contributed by atoms with van der Waals surface area (Å²) >= 11 is 7.54. The molecule has 5 rings (SSSR count). The Labute approximate surface area is 195 Å². The summed E-state index contributed by atoms with van der Waals surface area (Å²) in [5.41, 5.74) is 3.12. The number of aromatic nitrogens is 3. The zero-order valence-electron chi connectivity index (χ0n) is 17.8. The Bertz CT molecular complexity index is 1220. The molecule has 1 atom stereocenters. The minimum Gasteiger partial charge on any atom is -0.357 e. The van der Waals surface area contributed by atoms with Crippen LogP contribution in [0.15, 0.2) is 54.7 Å². The first-order valence-corrected chi connectivity index (χ1v) is 12.2. The summed E-state index contributed by atoms with van der Waals surface area (Å²) in [4.78, 5) is 4.40. The summed E-state index contributed by atoms with van der Waals surface area (Å²) in [6.45, 7) is 2.23. The standard InChI is InChI=1S/C25H24ClFN4S/c1-15(29-25-31-30-24(32-25)18-6-8-19(26)9-7-18)16-2-4-17(5-3-16)21-12-13-28-23-11-10-20(27)14-22(21)23/h6-17H,2-5H2,1H3,(H,29,31)/t15-,16?,17?/m1/s1. The first kappa shape index (κ1) is 21.3. The molecular weight excluding hydrogens is 443 g/mol. The lowest BCUT2D eigenvalue weighted by Gasteiger charge is -2.33. The van der Waals surface area contributed by atoms with Crippen LogP contribution in [0.3, 0.4) is 0 Å². The molecule has 7 heteroatoms. The van der Waals surface area contributed by atoms with E-state index < -0.39 is 0 Å². The van der Waals surface area contributed by atoms with E-state index in [2.05, 4.69) is 33.5 Å². The van der Waals surface area contributed by atoms with Crippen LogP contribution in [0.4, 0.5) is 9.52 Å². The molecule has 0 bridgehead atoms. The van der Waals surface area contributed by atoms with Crippen LogP contribution < -0.4 is 5.32 Å². The molecule has 2 aromatic carbocycles. The van der Waals surface area contributed by atoms with Gasteiger partial charge in [-0.05, 0) is 86.4 Å². The van der Waals surface area contributed by atoms with Crippen molar-refractivity contribution in [3.05, 3.63) is 71.1 Å². The highest BCUT2D eigenvalue weighted by Gasteiger charge is 2.27. The van der Waals surface area contributed by atoms with Crippen molar-refractivity contribution in [3.63, 3.8) is 0 Å². The third-order valence-electron chi connectivity index (χ3n) is 6.52. The van der Waals surface area contributed by atoms with E-state index in [-0.39, 0.29) is 5.82 Å². The van der Waals surface area contributed by atoms with E-state index >= 15 is 0 Å². The Hall–Kier alpha value is -2.57. The molecule has 0 unspecified atom stereocenters. The van der Waals surface area contributed by atoms with E-state index in [1.807, 2.05) is 30.5 Å². The smallest absolute Gasteiger partial charge is 0.206 e. The van der Waals surface area contributed by atoms with Gasteiger partial charge in [-0.2, -0.15) is 0 Å². The number of fused-ring (bicyclic) bond motifs is 1. The van der Waals surface area contributed by atoms with Crippen LogP contribution in [-0.4, -0.2) is 21.2 Å². The number of halogens is 2. The molecule has 2 aromatic heterocycles. The third-order valence-corrected chi connectivity index (χ3v) is 7.68. The molecule has 0 spiro atoms. The Morgan fingerprint density at radius 2 is 1.81 bits per heavy atom. The molecule has 1 fully saturated rings. The van der Waals surface area contributed by atoms with Crippen LogP contribution in [0.2, 0.25) is 5.02 Å². The lowest BCUT2D eigenvalue weighted by molar-refractivity contribution is 0.302. The first-order chi connectivity index (χ1) is 15.6. The number of nitrogens with one attached hydrogen (secondary N) is 1. The Kier molecular flexibility index (Phi) is 6.07. The second-order valence-electron chi connectivity index (χ2n) is 8.53. The lowest BCUT2D eigenvalue weighted by atomic mass is 9.75. The predicted molar refractivity (Wildman–Crippen MR) is 130 cm³/mol. The van der Waals surface area contributed by atoms with Crippen molar-refractivity contribution in [3.8, 4) is 10.6 Å². The van der Waals surface area contributed by atoms with Crippen molar-refractivity contribution >= 4 is 39.0 Å². The van der Waals surface area contributed by atoms with Gasteiger partial charge < -0.3 is 5.32 Å². The fourth-order valence-electron chi connectivity index (χ4n) is 4.73. The van der Waals surface area contributed by atoms with Crippen molar-refractivity contribution in [2.75, 3.05) is 5.32 Å². The van der Waals surface area contributed by atoms with E-state index in [1.165, 1.54) is 11.6 Å². The van der Waals surface area contributed by atoms with Gasteiger partial charge in [0, 0.05) is 28.2 Å². The van der Waals surface area contributed by atoms with Crippen LogP contribution in [0.5, 0.6) is 0 Å². The molecule has 1 aliphatic carbocycles. The third kappa shape index (κ3) is 4.48. The van der Waals surface area contributed by atoms with Crippen molar-refractivity contribution < 1.29 is 4.39 Å². The maximum Gasteiger partial charge on any atom is 0.206 e. The van der Waals surface area contributed by atoms with E-state index in [1.54, 1.807) is 23.5 Å². The molecule has 0 amide bonds. The van der Waals surface area contributed by atoms with Crippen LogP contribution in [0, 0.1) is 11.7 Å². The summed E-state index contributed by atoms with van der Waals surface area (Å²) in [5.74, 6) is 0.816. The second kappa shape index (κ2) is 9.12. The summed E-state index contributed by atoms with van der Waals surface area (Å²) in [5, 5.41) is 15.6. The fourth-order valence-corrected chi connectivity index (χ4v) is 5.70. The van der Waals surface area contributed by atoms with Gasteiger partial charge in [-0.25, -0.2) is 4.39 Å². The Balaban J connectivity index is 1.22. The van der Waals surface area contributed by atoms with Gasteiger partial charge in [0.25, 0.3) is 0 Å². The lowest BCUT2D eigenvalue weighted by Crippen LogP contribution is -2.29. The zero-order valence-corrected chi connectivity index (χ0v) is 19.3. The largest absolute Gasteiger partial charge is 0.357 e. The first-order valence-electron chi connectivity index (χ1n) is 11.0. The molecule has 164 valence electrons.